The number of anilines is 2. The van der Waals surface area contributed by atoms with Gasteiger partial charge in [-0.2, -0.15) is 4.31 Å². The lowest BCUT2D eigenvalue weighted by molar-refractivity contribution is -0.121. The fraction of sp³-hybridized carbons (Fsp3) is 0.300. The van der Waals surface area contributed by atoms with Gasteiger partial charge >= 0.3 is 0 Å². The Labute approximate surface area is 178 Å². The van der Waals surface area contributed by atoms with Crippen molar-refractivity contribution < 1.29 is 18.0 Å². The molecule has 0 unspecified atom stereocenters. The lowest BCUT2D eigenvalue weighted by Gasteiger charge is -2.31. The van der Waals surface area contributed by atoms with E-state index in [2.05, 4.69) is 26.6 Å². The number of hydrogen-bond acceptors (Lipinski definition) is 4. The molecule has 1 aliphatic heterocycles. The van der Waals surface area contributed by atoms with Gasteiger partial charge in [0.1, 0.15) is 0 Å². The molecule has 9 heteroatoms. The van der Waals surface area contributed by atoms with Crippen molar-refractivity contribution in [2.75, 3.05) is 23.7 Å². The van der Waals surface area contributed by atoms with Crippen molar-refractivity contribution in [1.82, 2.24) is 4.31 Å². The third kappa shape index (κ3) is 5.43. The van der Waals surface area contributed by atoms with E-state index in [4.69, 9.17) is 0 Å². The van der Waals surface area contributed by atoms with Crippen LogP contribution in [0, 0.1) is 5.92 Å². The molecule has 0 aliphatic carbocycles. The maximum atomic E-state index is 12.9. The highest BCUT2D eigenvalue weighted by molar-refractivity contribution is 9.10. The maximum absolute atomic E-state index is 12.9. The van der Waals surface area contributed by atoms with Crippen LogP contribution in [0.1, 0.15) is 19.8 Å². The predicted molar refractivity (Wildman–Crippen MR) is 115 cm³/mol. The van der Waals surface area contributed by atoms with Crippen molar-refractivity contribution in [3.05, 3.63) is 53.0 Å². The van der Waals surface area contributed by atoms with E-state index < -0.39 is 15.9 Å². The van der Waals surface area contributed by atoms with Crippen molar-refractivity contribution >= 4 is 49.1 Å². The number of benzene rings is 2. The highest BCUT2D eigenvalue weighted by Gasteiger charge is 2.33. The average molecular weight is 480 g/mol. The summed E-state index contributed by atoms with van der Waals surface area (Å²) in [6.45, 7) is 1.97. The zero-order chi connectivity index (χ0) is 21.0. The average Bonchev–Trinajstić information content (AvgIpc) is 2.69. The Morgan fingerprint density at radius 2 is 1.59 bits per heavy atom. The number of rotatable bonds is 5. The van der Waals surface area contributed by atoms with Crippen LogP contribution in [0.2, 0.25) is 0 Å². The fourth-order valence-electron chi connectivity index (χ4n) is 3.21. The maximum Gasteiger partial charge on any atom is 0.243 e. The van der Waals surface area contributed by atoms with E-state index in [0.717, 1.165) is 4.47 Å². The van der Waals surface area contributed by atoms with E-state index in [-0.39, 0.29) is 23.3 Å². The quantitative estimate of drug-likeness (QED) is 0.686. The number of piperidine rings is 1. The third-order valence-electron chi connectivity index (χ3n) is 4.68. The molecule has 0 bridgehead atoms. The van der Waals surface area contributed by atoms with Crippen molar-refractivity contribution in [3.8, 4) is 0 Å². The van der Waals surface area contributed by atoms with Gasteiger partial charge in [-0.1, -0.05) is 15.9 Å². The molecule has 0 aromatic heterocycles. The van der Waals surface area contributed by atoms with Gasteiger partial charge in [0.05, 0.1) is 10.8 Å². The minimum absolute atomic E-state index is 0.147. The van der Waals surface area contributed by atoms with E-state index in [0.29, 0.717) is 30.8 Å². The number of carbonyl (C=O) groups is 2. The molecule has 2 N–H and O–H groups in total. The summed E-state index contributed by atoms with van der Waals surface area (Å²) in [7, 11) is -3.64. The second-order valence-electron chi connectivity index (χ2n) is 6.90. The molecule has 1 aliphatic rings. The third-order valence-corrected chi connectivity index (χ3v) is 7.09. The molecule has 1 saturated heterocycles. The van der Waals surface area contributed by atoms with E-state index in [1.165, 1.54) is 11.2 Å². The number of sulfonamides is 1. The Bertz CT molecular complexity index is 991. The topological polar surface area (TPSA) is 95.6 Å². The molecule has 0 spiro atoms. The second-order valence-corrected chi connectivity index (χ2v) is 9.76. The highest BCUT2D eigenvalue weighted by atomic mass is 79.9. The van der Waals surface area contributed by atoms with Crippen LogP contribution in [0.5, 0.6) is 0 Å². The molecule has 154 valence electrons. The standard InChI is InChI=1S/C20H22BrN3O4S/c1-14(25)22-17-6-8-18(9-7-17)23-20(26)15-3-2-12-24(13-15)29(27,28)19-10-4-16(21)5-11-19/h4-11,15H,2-3,12-13H2,1H3,(H,22,25)(H,23,26)/t15-/m0/s1. The summed E-state index contributed by atoms with van der Waals surface area (Å²) < 4.78 is 28.0. The van der Waals surface area contributed by atoms with Gasteiger partial charge in [-0.3, -0.25) is 9.59 Å². The van der Waals surface area contributed by atoms with Crippen LogP contribution in [0.25, 0.3) is 0 Å². The molecule has 1 heterocycles. The minimum Gasteiger partial charge on any atom is -0.326 e. The van der Waals surface area contributed by atoms with E-state index >= 15 is 0 Å². The number of halogens is 1. The van der Waals surface area contributed by atoms with Gasteiger partial charge < -0.3 is 10.6 Å². The summed E-state index contributed by atoms with van der Waals surface area (Å²) in [4.78, 5) is 24.0. The van der Waals surface area contributed by atoms with Crippen molar-refractivity contribution in [2.24, 2.45) is 5.92 Å². The predicted octanol–water partition coefficient (Wildman–Crippen LogP) is 3.45. The molecule has 3 rings (SSSR count). The molecular weight excluding hydrogens is 458 g/mol. The van der Waals surface area contributed by atoms with E-state index in [1.54, 1.807) is 48.5 Å². The summed E-state index contributed by atoms with van der Waals surface area (Å²) in [5.41, 5.74) is 1.23. The largest absolute Gasteiger partial charge is 0.326 e. The summed E-state index contributed by atoms with van der Waals surface area (Å²) in [5, 5.41) is 5.49. The highest BCUT2D eigenvalue weighted by Crippen LogP contribution is 2.26. The molecule has 2 aromatic carbocycles. The van der Waals surface area contributed by atoms with Crippen molar-refractivity contribution in [2.45, 2.75) is 24.7 Å². The molecule has 2 aromatic rings. The monoisotopic (exact) mass is 479 g/mol. The molecule has 1 atom stereocenters. The van der Waals surface area contributed by atoms with E-state index in [9.17, 15) is 18.0 Å². The molecule has 1 fully saturated rings. The lowest BCUT2D eigenvalue weighted by atomic mass is 9.98. The number of nitrogens with zero attached hydrogens (tertiary/aromatic N) is 1. The van der Waals surface area contributed by atoms with Crippen molar-refractivity contribution in [3.63, 3.8) is 0 Å². The van der Waals surface area contributed by atoms with Gasteiger partial charge in [0, 0.05) is 35.9 Å². The summed E-state index contributed by atoms with van der Waals surface area (Å²) in [6, 6.07) is 13.3. The molecule has 29 heavy (non-hydrogen) atoms. The fourth-order valence-corrected chi connectivity index (χ4v) is 5.00. The SMILES string of the molecule is CC(=O)Nc1ccc(NC(=O)[C@H]2CCCN(S(=O)(=O)c3ccc(Br)cc3)C2)cc1. The van der Waals surface area contributed by atoms with Gasteiger partial charge in [-0.15, -0.1) is 0 Å². The first-order valence-corrected chi connectivity index (χ1v) is 11.4. The molecule has 7 nitrogen and oxygen atoms in total. The van der Waals surface area contributed by atoms with Crippen LogP contribution in [0.4, 0.5) is 11.4 Å². The summed E-state index contributed by atoms with van der Waals surface area (Å²) in [5.74, 6) is -0.812. The molecule has 0 radical (unpaired) electrons. The number of amides is 2. The van der Waals surface area contributed by atoms with Crippen LogP contribution in [-0.4, -0.2) is 37.6 Å². The first kappa shape index (κ1) is 21.5. The smallest absolute Gasteiger partial charge is 0.243 e. The van der Waals surface area contributed by atoms with E-state index in [1.807, 2.05) is 0 Å². The van der Waals surface area contributed by atoms with Gasteiger partial charge in [-0.25, -0.2) is 8.42 Å². The molecular formula is C20H22BrN3O4S. The van der Waals surface area contributed by atoms with Gasteiger partial charge in [-0.05, 0) is 61.4 Å². The Morgan fingerprint density at radius 3 is 2.17 bits per heavy atom. The molecule has 2 amide bonds. The Kier molecular flexibility index (Phi) is 6.71. The summed E-state index contributed by atoms with van der Waals surface area (Å²) >= 11 is 3.30. The summed E-state index contributed by atoms with van der Waals surface area (Å²) in [6.07, 6.45) is 1.25. The molecule has 0 saturated carbocycles. The lowest BCUT2D eigenvalue weighted by Crippen LogP contribution is -2.43. The number of hydrogen-bond donors (Lipinski definition) is 2. The van der Waals surface area contributed by atoms with Gasteiger partial charge in [0.15, 0.2) is 0 Å². The first-order valence-electron chi connectivity index (χ1n) is 9.20. The zero-order valence-electron chi connectivity index (χ0n) is 15.9. The van der Waals surface area contributed by atoms with Crippen LogP contribution < -0.4 is 10.6 Å². The Morgan fingerprint density at radius 1 is 1.00 bits per heavy atom. The zero-order valence-corrected chi connectivity index (χ0v) is 18.3. The van der Waals surface area contributed by atoms with Crippen LogP contribution in [0.15, 0.2) is 57.9 Å². The Balaban J connectivity index is 1.66. The first-order chi connectivity index (χ1) is 13.8. The number of carbonyl (C=O) groups excluding carboxylic acids is 2. The second kappa shape index (κ2) is 9.06. The van der Waals surface area contributed by atoms with Crippen LogP contribution in [-0.2, 0) is 19.6 Å². The van der Waals surface area contributed by atoms with Gasteiger partial charge in [0.2, 0.25) is 21.8 Å². The minimum atomic E-state index is -3.64. The Hall–Kier alpha value is -2.23. The van der Waals surface area contributed by atoms with Crippen LogP contribution in [0.3, 0.4) is 0 Å². The van der Waals surface area contributed by atoms with Crippen molar-refractivity contribution in [1.29, 1.82) is 0 Å². The van der Waals surface area contributed by atoms with Gasteiger partial charge in [0.25, 0.3) is 0 Å². The number of nitrogens with one attached hydrogen (secondary N) is 2. The normalized spacial score (nSPS) is 17.5. The van der Waals surface area contributed by atoms with Crippen LogP contribution >= 0.6 is 15.9 Å².